The lowest BCUT2D eigenvalue weighted by Crippen LogP contribution is -2.13. The van der Waals surface area contributed by atoms with Crippen molar-refractivity contribution in [2.75, 3.05) is 5.32 Å². The lowest BCUT2D eigenvalue weighted by Gasteiger charge is -2.09. The van der Waals surface area contributed by atoms with Crippen LogP contribution in [0.25, 0.3) is 11.0 Å². The number of fused-ring (bicyclic) bond motifs is 1. The van der Waals surface area contributed by atoms with E-state index in [1.54, 1.807) is 35.3 Å². The average molecular weight is 401 g/mol. The average Bonchev–Trinajstić information content (AvgIpc) is 3.24. The van der Waals surface area contributed by atoms with Gasteiger partial charge in [0.05, 0.1) is 27.8 Å². The van der Waals surface area contributed by atoms with E-state index in [0.29, 0.717) is 17.8 Å². The van der Waals surface area contributed by atoms with Crippen molar-refractivity contribution in [3.8, 4) is 0 Å². The molecule has 0 aliphatic carbocycles. The molecule has 2 aromatic heterocycles. The Morgan fingerprint density at radius 1 is 1.19 bits per heavy atom. The number of para-hydroxylation sites is 1. The molecule has 1 N–H and O–H groups in total. The fraction of sp³-hybridized carbons (Fsp3) is 0.105. The van der Waals surface area contributed by atoms with Crippen molar-refractivity contribution >= 4 is 45.8 Å². The summed E-state index contributed by atoms with van der Waals surface area (Å²) in [6.07, 6.45) is 3.12. The summed E-state index contributed by atoms with van der Waals surface area (Å²) in [4.78, 5) is 16.7. The molecule has 8 heteroatoms. The molecule has 0 spiro atoms. The minimum atomic E-state index is -0.398. The fourth-order valence-corrected chi connectivity index (χ4v) is 3.53. The van der Waals surface area contributed by atoms with E-state index in [4.69, 9.17) is 27.6 Å². The third-order valence-electron chi connectivity index (χ3n) is 4.24. The molecule has 0 fully saturated rings. The molecule has 0 atom stereocenters. The number of halogens is 2. The van der Waals surface area contributed by atoms with E-state index >= 15 is 0 Å². The second-order valence-electron chi connectivity index (χ2n) is 5.96. The van der Waals surface area contributed by atoms with Crippen molar-refractivity contribution in [1.29, 1.82) is 0 Å². The van der Waals surface area contributed by atoms with Gasteiger partial charge in [-0.05, 0) is 25.1 Å². The molecular formula is C19H14Cl2N4O2. The summed E-state index contributed by atoms with van der Waals surface area (Å²) >= 11 is 12.3. The number of aryl methyl sites for hydroxylation is 1. The maximum atomic E-state index is 12.7. The van der Waals surface area contributed by atoms with E-state index in [2.05, 4.69) is 15.4 Å². The van der Waals surface area contributed by atoms with Gasteiger partial charge in [-0.3, -0.25) is 4.79 Å². The van der Waals surface area contributed by atoms with Crippen LogP contribution in [0.5, 0.6) is 0 Å². The Bertz CT molecular complexity index is 1120. The van der Waals surface area contributed by atoms with Crippen LogP contribution in [0, 0.1) is 6.92 Å². The molecular weight excluding hydrogens is 387 g/mol. The predicted octanol–water partition coefficient (Wildman–Crippen LogP) is 4.94. The molecule has 0 aliphatic rings. The van der Waals surface area contributed by atoms with Gasteiger partial charge in [-0.1, -0.05) is 41.4 Å². The summed E-state index contributed by atoms with van der Waals surface area (Å²) in [5.74, 6) is 0.350. The molecule has 1 amide bonds. The number of hydrogen-bond acceptors (Lipinski definition) is 4. The highest BCUT2D eigenvalue weighted by Gasteiger charge is 2.19. The normalized spacial score (nSPS) is 11.1. The number of carbonyl (C=O) groups excluding carboxylic acids is 1. The Balaban J connectivity index is 1.72. The molecule has 0 unspecified atom stereocenters. The van der Waals surface area contributed by atoms with Crippen molar-refractivity contribution in [3.63, 3.8) is 0 Å². The van der Waals surface area contributed by atoms with E-state index in [1.807, 2.05) is 19.1 Å². The van der Waals surface area contributed by atoms with Crippen LogP contribution in [-0.2, 0) is 6.54 Å². The minimum Gasteiger partial charge on any atom is -0.459 e. The Labute approximate surface area is 164 Å². The summed E-state index contributed by atoms with van der Waals surface area (Å²) in [6.45, 7) is 2.40. The molecule has 6 nitrogen and oxygen atoms in total. The zero-order valence-corrected chi connectivity index (χ0v) is 15.8. The Hall–Kier alpha value is -2.83. The first-order valence-electron chi connectivity index (χ1n) is 8.13. The van der Waals surface area contributed by atoms with Gasteiger partial charge in [-0.2, -0.15) is 5.10 Å². The quantitative estimate of drug-likeness (QED) is 0.526. The van der Waals surface area contributed by atoms with E-state index in [9.17, 15) is 4.79 Å². The van der Waals surface area contributed by atoms with Crippen molar-refractivity contribution in [3.05, 3.63) is 76.0 Å². The van der Waals surface area contributed by atoms with E-state index < -0.39 is 5.91 Å². The van der Waals surface area contributed by atoms with Crippen molar-refractivity contribution in [2.24, 2.45) is 0 Å². The molecule has 0 bridgehead atoms. The maximum Gasteiger partial charge on any atom is 0.258 e. The minimum absolute atomic E-state index is 0.226. The SMILES string of the molecule is Cc1oc2c(NC(=O)c3c(Cl)cccc3Cl)cccc2c1Cn1cncn1. The Morgan fingerprint density at radius 2 is 1.93 bits per heavy atom. The van der Waals surface area contributed by atoms with Crippen LogP contribution in [0.1, 0.15) is 21.7 Å². The maximum absolute atomic E-state index is 12.7. The molecule has 0 radical (unpaired) electrons. The second-order valence-corrected chi connectivity index (χ2v) is 6.78. The van der Waals surface area contributed by atoms with Gasteiger partial charge in [0, 0.05) is 10.9 Å². The van der Waals surface area contributed by atoms with Crippen LogP contribution in [0.2, 0.25) is 10.0 Å². The van der Waals surface area contributed by atoms with Crippen molar-refractivity contribution in [1.82, 2.24) is 14.8 Å². The Kier molecular flexibility index (Phi) is 4.59. The van der Waals surface area contributed by atoms with Gasteiger partial charge in [0.1, 0.15) is 18.4 Å². The molecule has 2 aromatic carbocycles. The summed E-state index contributed by atoms with van der Waals surface area (Å²) in [5.41, 5.74) is 2.33. The summed E-state index contributed by atoms with van der Waals surface area (Å²) < 4.78 is 7.65. The molecule has 0 saturated carbocycles. The van der Waals surface area contributed by atoms with Crippen LogP contribution in [-0.4, -0.2) is 20.7 Å². The van der Waals surface area contributed by atoms with Crippen LogP contribution < -0.4 is 5.32 Å². The number of hydrogen-bond donors (Lipinski definition) is 1. The zero-order chi connectivity index (χ0) is 19.0. The number of anilines is 1. The molecule has 2 heterocycles. The number of furan rings is 1. The standard InChI is InChI=1S/C19H14Cl2N4O2/c1-11-13(8-25-10-22-9-23-25)12-4-2-7-16(18(12)27-11)24-19(26)17-14(20)5-3-6-15(17)21/h2-7,9-10H,8H2,1H3,(H,24,26). The Morgan fingerprint density at radius 3 is 2.63 bits per heavy atom. The van der Waals surface area contributed by atoms with Crippen molar-refractivity contribution in [2.45, 2.75) is 13.5 Å². The van der Waals surface area contributed by atoms with Crippen LogP contribution in [0.15, 0.2) is 53.5 Å². The highest BCUT2D eigenvalue weighted by Crippen LogP contribution is 2.33. The van der Waals surface area contributed by atoms with Gasteiger partial charge in [-0.15, -0.1) is 0 Å². The summed E-state index contributed by atoms with van der Waals surface area (Å²) in [6, 6.07) is 10.5. The molecule has 136 valence electrons. The molecule has 0 saturated heterocycles. The first-order chi connectivity index (χ1) is 13.0. The predicted molar refractivity (Wildman–Crippen MR) is 104 cm³/mol. The first-order valence-corrected chi connectivity index (χ1v) is 8.89. The monoisotopic (exact) mass is 400 g/mol. The lowest BCUT2D eigenvalue weighted by atomic mass is 10.1. The molecule has 27 heavy (non-hydrogen) atoms. The van der Waals surface area contributed by atoms with Gasteiger partial charge in [0.15, 0.2) is 5.58 Å². The van der Waals surface area contributed by atoms with Gasteiger partial charge in [-0.25, -0.2) is 9.67 Å². The van der Waals surface area contributed by atoms with Crippen LogP contribution >= 0.6 is 23.2 Å². The van der Waals surface area contributed by atoms with E-state index in [0.717, 1.165) is 16.7 Å². The van der Waals surface area contributed by atoms with E-state index in [1.165, 1.54) is 6.33 Å². The number of amides is 1. The van der Waals surface area contributed by atoms with Gasteiger partial charge < -0.3 is 9.73 Å². The third-order valence-corrected chi connectivity index (χ3v) is 4.87. The van der Waals surface area contributed by atoms with Gasteiger partial charge in [0.25, 0.3) is 5.91 Å². The topological polar surface area (TPSA) is 73.0 Å². The number of benzene rings is 2. The smallest absolute Gasteiger partial charge is 0.258 e. The number of nitrogens with one attached hydrogen (secondary N) is 1. The van der Waals surface area contributed by atoms with Gasteiger partial charge in [0.2, 0.25) is 0 Å². The number of nitrogens with zero attached hydrogens (tertiary/aromatic N) is 3. The van der Waals surface area contributed by atoms with E-state index in [-0.39, 0.29) is 15.6 Å². The first kappa shape index (κ1) is 17.6. The van der Waals surface area contributed by atoms with Gasteiger partial charge >= 0.3 is 0 Å². The highest BCUT2D eigenvalue weighted by molar-refractivity contribution is 6.40. The number of carbonyl (C=O) groups is 1. The largest absolute Gasteiger partial charge is 0.459 e. The lowest BCUT2D eigenvalue weighted by molar-refractivity contribution is 0.102. The number of rotatable bonds is 4. The summed E-state index contributed by atoms with van der Waals surface area (Å²) in [7, 11) is 0. The number of aromatic nitrogens is 3. The van der Waals surface area contributed by atoms with Crippen LogP contribution in [0.3, 0.4) is 0 Å². The fourth-order valence-electron chi connectivity index (χ4n) is 2.96. The second kappa shape index (κ2) is 7.06. The molecule has 0 aliphatic heterocycles. The summed E-state index contributed by atoms with van der Waals surface area (Å²) in [5, 5.41) is 8.45. The highest BCUT2D eigenvalue weighted by atomic mass is 35.5. The molecule has 4 rings (SSSR count). The van der Waals surface area contributed by atoms with Crippen LogP contribution in [0.4, 0.5) is 5.69 Å². The zero-order valence-electron chi connectivity index (χ0n) is 14.2. The third kappa shape index (κ3) is 3.29. The molecule has 4 aromatic rings. The van der Waals surface area contributed by atoms with Crippen molar-refractivity contribution < 1.29 is 9.21 Å².